The quantitative estimate of drug-likeness (QED) is 0.388. The van der Waals surface area contributed by atoms with E-state index in [4.69, 9.17) is 4.74 Å². The predicted molar refractivity (Wildman–Crippen MR) is 71.1 cm³/mol. The largest absolute Gasteiger partial charge is 0.379 e. The number of hydrogen-bond donors (Lipinski definition) is 0. The SMILES string of the molecule is [CH2]OCCC[N+](C)(C)CCCCCCCC. The molecule has 0 rings (SSSR count). The van der Waals surface area contributed by atoms with Gasteiger partial charge in [0.2, 0.25) is 0 Å². The zero-order valence-corrected chi connectivity index (χ0v) is 11.6. The molecule has 0 N–H and O–H groups in total. The Balaban J connectivity index is 3.35. The summed E-state index contributed by atoms with van der Waals surface area (Å²) < 4.78 is 5.97. The van der Waals surface area contributed by atoms with Gasteiger partial charge in [-0.15, -0.1) is 0 Å². The monoisotopic (exact) mass is 229 g/mol. The highest BCUT2D eigenvalue weighted by molar-refractivity contribution is 4.44. The highest BCUT2D eigenvalue weighted by Gasteiger charge is 2.13. The molecule has 0 spiro atoms. The molecule has 97 valence electrons. The number of quaternary nitrogens is 1. The van der Waals surface area contributed by atoms with E-state index >= 15 is 0 Å². The molecule has 0 aliphatic rings. The van der Waals surface area contributed by atoms with Crippen LogP contribution in [0.5, 0.6) is 0 Å². The first-order chi connectivity index (χ1) is 7.62. The topological polar surface area (TPSA) is 9.23 Å². The zero-order chi connectivity index (χ0) is 12.3. The predicted octanol–water partition coefficient (Wildman–Crippen LogP) is 3.62. The van der Waals surface area contributed by atoms with Crippen molar-refractivity contribution in [2.45, 2.75) is 51.9 Å². The third-order valence-electron chi connectivity index (χ3n) is 3.17. The standard InChI is InChI=1S/C14H31NO/c1-5-6-7-8-9-10-12-15(2,3)13-11-14-16-4/h4-14H2,1-3H3/q+1. The molecule has 2 nitrogen and oxygen atoms in total. The highest BCUT2D eigenvalue weighted by Crippen LogP contribution is 2.08. The van der Waals surface area contributed by atoms with Crippen molar-refractivity contribution in [1.82, 2.24) is 0 Å². The second-order valence-electron chi connectivity index (χ2n) is 5.41. The fourth-order valence-corrected chi connectivity index (χ4v) is 2.03. The van der Waals surface area contributed by atoms with Crippen molar-refractivity contribution in [2.24, 2.45) is 0 Å². The van der Waals surface area contributed by atoms with Gasteiger partial charge in [-0.05, 0) is 12.8 Å². The van der Waals surface area contributed by atoms with E-state index in [2.05, 4.69) is 28.1 Å². The first-order valence-electron chi connectivity index (χ1n) is 6.81. The lowest BCUT2D eigenvalue weighted by Gasteiger charge is -2.29. The second kappa shape index (κ2) is 10.1. The minimum atomic E-state index is 0.790. The zero-order valence-electron chi connectivity index (χ0n) is 11.6. The molecular weight excluding hydrogens is 198 g/mol. The molecule has 0 aliphatic carbocycles. The third-order valence-corrected chi connectivity index (χ3v) is 3.17. The Morgan fingerprint density at radius 2 is 1.44 bits per heavy atom. The van der Waals surface area contributed by atoms with Gasteiger partial charge in [0.1, 0.15) is 0 Å². The van der Waals surface area contributed by atoms with Crippen LogP contribution in [0.25, 0.3) is 0 Å². The van der Waals surface area contributed by atoms with Crippen molar-refractivity contribution in [3.05, 3.63) is 7.11 Å². The summed E-state index contributed by atoms with van der Waals surface area (Å²) in [5.74, 6) is 0. The van der Waals surface area contributed by atoms with Crippen LogP contribution in [0.4, 0.5) is 0 Å². The van der Waals surface area contributed by atoms with E-state index in [1.165, 1.54) is 51.6 Å². The fraction of sp³-hybridized carbons (Fsp3) is 0.929. The lowest BCUT2D eigenvalue weighted by molar-refractivity contribution is -0.890. The van der Waals surface area contributed by atoms with Crippen molar-refractivity contribution in [1.29, 1.82) is 0 Å². The molecule has 0 unspecified atom stereocenters. The van der Waals surface area contributed by atoms with E-state index in [0.29, 0.717) is 0 Å². The second-order valence-corrected chi connectivity index (χ2v) is 5.41. The van der Waals surface area contributed by atoms with Crippen LogP contribution in [-0.4, -0.2) is 38.3 Å². The van der Waals surface area contributed by atoms with Crippen LogP contribution in [-0.2, 0) is 4.74 Å². The van der Waals surface area contributed by atoms with Gasteiger partial charge in [-0.1, -0.05) is 32.6 Å². The van der Waals surface area contributed by atoms with Crippen molar-refractivity contribution < 1.29 is 9.22 Å². The van der Waals surface area contributed by atoms with Crippen LogP contribution in [0.3, 0.4) is 0 Å². The van der Waals surface area contributed by atoms with Gasteiger partial charge < -0.3 is 9.22 Å². The number of unbranched alkanes of at least 4 members (excludes halogenated alkanes) is 5. The molecule has 0 amide bonds. The molecule has 0 atom stereocenters. The minimum Gasteiger partial charge on any atom is -0.379 e. The molecule has 0 aliphatic heterocycles. The molecule has 1 radical (unpaired) electrons. The first kappa shape index (κ1) is 15.9. The summed E-state index contributed by atoms with van der Waals surface area (Å²) in [5, 5.41) is 0. The van der Waals surface area contributed by atoms with Gasteiger partial charge in [0.15, 0.2) is 0 Å². The van der Waals surface area contributed by atoms with E-state index in [1.807, 2.05) is 0 Å². The number of ether oxygens (including phenoxy) is 1. The van der Waals surface area contributed by atoms with Gasteiger partial charge in [0.05, 0.1) is 40.9 Å². The molecule has 2 heteroatoms. The molecule has 0 aromatic rings. The molecule has 0 saturated carbocycles. The van der Waals surface area contributed by atoms with Crippen LogP contribution in [0, 0.1) is 7.11 Å². The Labute approximate surface area is 103 Å². The maximum absolute atomic E-state index is 4.85. The van der Waals surface area contributed by atoms with Gasteiger partial charge in [-0.25, -0.2) is 0 Å². The summed E-state index contributed by atoms with van der Waals surface area (Å²) in [7, 11) is 8.03. The Morgan fingerprint density at radius 1 is 0.875 bits per heavy atom. The summed E-state index contributed by atoms with van der Waals surface area (Å²) in [6, 6.07) is 0. The van der Waals surface area contributed by atoms with Gasteiger partial charge >= 0.3 is 0 Å². The van der Waals surface area contributed by atoms with Crippen molar-refractivity contribution >= 4 is 0 Å². The fourth-order valence-electron chi connectivity index (χ4n) is 2.03. The van der Waals surface area contributed by atoms with E-state index in [0.717, 1.165) is 17.5 Å². The van der Waals surface area contributed by atoms with E-state index < -0.39 is 0 Å². The van der Waals surface area contributed by atoms with E-state index in [-0.39, 0.29) is 0 Å². The molecule has 0 aromatic carbocycles. The number of hydrogen-bond acceptors (Lipinski definition) is 1. The highest BCUT2D eigenvalue weighted by atomic mass is 16.5. The van der Waals surface area contributed by atoms with Crippen LogP contribution >= 0.6 is 0 Å². The summed E-state index contributed by atoms with van der Waals surface area (Å²) in [6.07, 6.45) is 9.45. The van der Waals surface area contributed by atoms with E-state index in [9.17, 15) is 0 Å². The van der Waals surface area contributed by atoms with Crippen LogP contribution in [0.2, 0.25) is 0 Å². The lowest BCUT2D eigenvalue weighted by atomic mass is 10.1. The van der Waals surface area contributed by atoms with Gasteiger partial charge in [0.25, 0.3) is 0 Å². The normalized spacial score (nSPS) is 12.0. The average molecular weight is 229 g/mol. The van der Waals surface area contributed by atoms with E-state index in [1.54, 1.807) is 0 Å². The summed E-state index contributed by atoms with van der Waals surface area (Å²) in [6.45, 7) is 5.55. The molecular formula is C14H31NO+. The maximum Gasteiger partial charge on any atom is 0.0804 e. The molecule has 0 aromatic heterocycles. The van der Waals surface area contributed by atoms with Crippen molar-refractivity contribution in [2.75, 3.05) is 33.8 Å². The maximum atomic E-state index is 4.85. The third kappa shape index (κ3) is 10.4. The van der Waals surface area contributed by atoms with Gasteiger partial charge in [-0.2, -0.15) is 0 Å². The Morgan fingerprint density at radius 3 is 2.06 bits per heavy atom. The molecule has 0 fully saturated rings. The van der Waals surface area contributed by atoms with Crippen LogP contribution in [0.1, 0.15) is 51.9 Å². The lowest BCUT2D eigenvalue weighted by Crippen LogP contribution is -2.41. The van der Waals surface area contributed by atoms with Gasteiger partial charge in [0, 0.05) is 6.42 Å². The van der Waals surface area contributed by atoms with Crippen molar-refractivity contribution in [3.63, 3.8) is 0 Å². The summed E-state index contributed by atoms with van der Waals surface area (Å²) in [4.78, 5) is 0. The summed E-state index contributed by atoms with van der Waals surface area (Å²) >= 11 is 0. The Kier molecular flexibility index (Phi) is 10.0. The average Bonchev–Trinajstić information content (AvgIpc) is 2.23. The van der Waals surface area contributed by atoms with Gasteiger partial charge in [-0.3, -0.25) is 0 Å². The minimum absolute atomic E-state index is 0.790. The van der Waals surface area contributed by atoms with Crippen LogP contribution in [0.15, 0.2) is 0 Å². The Hall–Kier alpha value is -0.0800. The molecule has 0 bridgehead atoms. The smallest absolute Gasteiger partial charge is 0.0804 e. The van der Waals surface area contributed by atoms with Crippen molar-refractivity contribution in [3.8, 4) is 0 Å². The number of rotatable bonds is 11. The molecule has 16 heavy (non-hydrogen) atoms. The van der Waals surface area contributed by atoms with Crippen LogP contribution < -0.4 is 0 Å². The Bertz CT molecular complexity index is 146. The molecule has 0 saturated heterocycles. The number of nitrogens with zero attached hydrogens (tertiary/aromatic N) is 1. The summed E-state index contributed by atoms with van der Waals surface area (Å²) in [5.41, 5.74) is 0. The first-order valence-corrected chi connectivity index (χ1v) is 6.81. The molecule has 0 heterocycles.